The monoisotopic (exact) mass is 381 g/mol. The van der Waals surface area contributed by atoms with Crippen LogP contribution in [0.2, 0.25) is 0 Å². The normalized spacial score (nSPS) is 10.5. The van der Waals surface area contributed by atoms with Crippen LogP contribution in [0, 0.1) is 0 Å². The molecule has 0 saturated carbocycles. The van der Waals surface area contributed by atoms with Crippen molar-refractivity contribution in [3.05, 3.63) is 54.2 Å². The first-order chi connectivity index (χ1) is 13.5. The van der Waals surface area contributed by atoms with Crippen molar-refractivity contribution in [1.29, 1.82) is 0 Å². The highest BCUT2D eigenvalue weighted by Crippen LogP contribution is 2.24. The van der Waals surface area contributed by atoms with Crippen LogP contribution in [-0.2, 0) is 4.79 Å². The SMILES string of the molecule is CCN(CC(=O)Nc1ccccc1OC)C(=O)c1cc2ccc(OC)cc2[nH]1. The van der Waals surface area contributed by atoms with Crippen molar-refractivity contribution in [2.24, 2.45) is 0 Å². The molecule has 0 aliphatic carbocycles. The molecule has 0 aliphatic rings. The van der Waals surface area contributed by atoms with Gasteiger partial charge in [0.25, 0.3) is 5.91 Å². The molecule has 1 heterocycles. The van der Waals surface area contributed by atoms with Crippen LogP contribution >= 0.6 is 0 Å². The minimum absolute atomic E-state index is 0.0634. The zero-order valence-electron chi connectivity index (χ0n) is 16.1. The molecule has 0 atom stereocenters. The summed E-state index contributed by atoms with van der Waals surface area (Å²) >= 11 is 0. The summed E-state index contributed by atoms with van der Waals surface area (Å²) in [4.78, 5) is 29.9. The Bertz CT molecular complexity index is 996. The number of aromatic amines is 1. The lowest BCUT2D eigenvalue weighted by atomic mass is 10.2. The number of H-pyrrole nitrogens is 1. The van der Waals surface area contributed by atoms with Gasteiger partial charge in [0.15, 0.2) is 0 Å². The molecule has 1 aromatic heterocycles. The fourth-order valence-corrected chi connectivity index (χ4v) is 2.96. The summed E-state index contributed by atoms with van der Waals surface area (Å²) < 4.78 is 10.4. The van der Waals surface area contributed by atoms with Gasteiger partial charge in [0.2, 0.25) is 5.91 Å². The van der Waals surface area contributed by atoms with E-state index in [1.54, 1.807) is 31.4 Å². The molecule has 3 rings (SSSR count). The average Bonchev–Trinajstić information content (AvgIpc) is 3.15. The molecule has 7 heteroatoms. The maximum atomic E-state index is 12.9. The summed E-state index contributed by atoms with van der Waals surface area (Å²) in [5.41, 5.74) is 1.80. The van der Waals surface area contributed by atoms with E-state index in [-0.39, 0.29) is 18.4 Å². The number of hydrogen-bond acceptors (Lipinski definition) is 4. The lowest BCUT2D eigenvalue weighted by Gasteiger charge is -2.20. The molecule has 7 nitrogen and oxygen atoms in total. The van der Waals surface area contributed by atoms with Gasteiger partial charge in [-0.1, -0.05) is 12.1 Å². The Kier molecular flexibility index (Phi) is 5.84. The highest BCUT2D eigenvalue weighted by molar-refractivity contribution is 6.01. The molecule has 2 N–H and O–H groups in total. The number of nitrogens with one attached hydrogen (secondary N) is 2. The van der Waals surface area contributed by atoms with Gasteiger partial charge in [0.05, 0.1) is 19.9 Å². The second-order valence-electron chi connectivity index (χ2n) is 6.20. The predicted octanol–water partition coefficient (Wildman–Crippen LogP) is 3.29. The number of rotatable bonds is 7. The zero-order valence-corrected chi connectivity index (χ0v) is 16.1. The third kappa shape index (κ3) is 4.09. The molecule has 0 radical (unpaired) electrons. The third-order valence-electron chi connectivity index (χ3n) is 4.44. The van der Waals surface area contributed by atoms with Crippen LogP contribution in [0.5, 0.6) is 11.5 Å². The van der Waals surface area contributed by atoms with Gasteiger partial charge in [-0.05, 0) is 37.3 Å². The molecule has 0 spiro atoms. The van der Waals surface area contributed by atoms with E-state index in [4.69, 9.17) is 9.47 Å². The van der Waals surface area contributed by atoms with Crippen LogP contribution in [0.4, 0.5) is 5.69 Å². The van der Waals surface area contributed by atoms with Crippen LogP contribution in [0.25, 0.3) is 10.9 Å². The zero-order chi connectivity index (χ0) is 20.1. The number of anilines is 1. The van der Waals surface area contributed by atoms with Crippen molar-refractivity contribution in [1.82, 2.24) is 9.88 Å². The van der Waals surface area contributed by atoms with Gasteiger partial charge in [-0.25, -0.2) is 0 Å². The molecule has 2 aromatic carbocycles. The van der Waals surface area contributed by atoms with E-state index in [1.807, 2.05) is 31.2 Å². The van der Waals surface area contributed by atoms with Gasteiger partial charge in [0, 0.05) is 23.5 Å². The molecule has 28 heavy (non-hydrogen) atoms. The molecule has 0 fully saturated rings. The van der Waals surface area contributed by atoms with E-state index >= 15 is 0 Å². The van der Waals surface area contributed by atoms with Crippen molar-refractivity contribution in [2.75, 3.05) is 32.6 Å². The van der Waals surface area contributed by atoms with E-state index in [2.05, 4.69) is 10.3 Å². The Labute approximate surface area is 163 Å². The van der Waals surface area contributed by atoms with Crippen molar-refractivity contribution >= 4 is 28.4 Å². The number of likely N-dealkylation sites (N-methyl/N-ethyl adjacent to an activating group) is 1. The average molecular weight is 381 g/mol. The molecular formula is C21H23N3O4. The summed E-state index contributed by atoms with van der Waals surface area (Å²) in [6, 6.07) is 14.5. The third-order valence-corrected chi connectivity index (χ3v) is 4.44. The van der Waals surface area contributed by atoms with Crippen LogP contribution in [0.3, 0.4) is 0 Å². The fourth-order valence-electron chi connectivity index (χ4n) is 2.96. The Morgan fingerprint density at radius 2 is 1.86 bits per heavy atom. The minimum atomic E-state index is -0.294. The van der Waals surface area contributed by atoms with Crippen molar-refractivity contribution < 1.29 is 19.1 Å². The molecule has 0 aliphatic heterocycles. The number of methoxy groups -OCH3 is 2. The lowest BCUT2D eigenvalue weighted by Crippen LogP contribution is -2.38. The van der Waals surface area contributed by atoms with E-state index in [0.717, 1.165) is 10.9 Å². The van der Waals surface area contributed by atoms with Crippen LogP contribution in [0.15, 0.2) is 48.5 Å². The lowest BCUT2D eigenvalue weighted by molar-refractivity contribution is -0.116. The molecule has 2 amide bonds. The molecule has 0 bridgehead atoms. The minimum Gasteiger partial charge on any atom is -0.497 e. The van der Waals surface area contributed by atoms with Gasteiger partial charge in [-0.3, -0.25) is 9.59 Å². The first kappa shape index (κ1) is 19.3. The van der Waals surface area contributed by atoms with E-state index in [9.17, 15) is 9.59 Å². The number of para-hydroxylation sites is 2. The Hall–Kier alpha value is -3.48. The number of nitrogens with zero attached hydrogens (tertiary/aromatic N) is 1. The first-order valence-corrected chi connectivity index (χ1v) is 8.94. The fraction of sp³-hybridized carbons (Fsp3) is 0.238. The Morgan fingerprint density at radius 3 is 2.57 bits per heavy atom. The Morgan fingerprint density at radius 1 is 1.07 bits per heavy atom. The number of fused-ring (bicyclic) bond motifs is 1. The van der Waals surface area contributed by atoms with E-state index in [1.165, 1.54) is 12.0 Å². The number of amides is 2. The van der Waals surface area contributed by atoms with Gasteiger partial charge in [0.1, 0.15) is 23.7 Å². The highest BCUT2D eigenvalue weighted by Gasteiger charge is 2.20. The van der Waals surface area contributed by atoms with Crippen LogP contribution in [0.1, 0.15) is 17.4 Å². The highest BCUT2D eigenvalue weighted by atomic mass is 16.5. The largest absolute Gasteiger partial charge is 0.497 e. The predicted molar refractivity (Wildman–Crippen MR) is 108 cm³/mol. The smallest absolute Gasteiger partial charge is 0.270 e. The molecule has 3 aromatic rings. The van der Waals surface area contributed by atoms with Gasteiger partial charge in [-0.15, -0.1) is 0 Å². The number of benzene rings is 2. The number of carbonyl (C=O) groups is 2. The molecule has 0 unspecified atom stereocenters. The first-order valence-electron chi connectivity index (χ1n) is 8.94. The second kappa shape index (κ2) is 8.47. The molecule has 0 saturated heterocycles. The quantitative estimate of drug-likeness (QED) is 0.658. The van der Waals surface area contributed by atoms with Crippen molar-refractivity contribution in [3.8, 4) is 11.5 Å². The van der Waals surface area contributed by atoms with Gasteiger partial charge in [-0.2, -0.15) is 0 Å². The summed E-state index contributed by atoms with van der Waals surface area (Å²) in [5.74, 6) is 0.733. The number of carbonyl (C=O) groups excluding carboxylic acids is 2. The second-order valence-corrected chi connectivity index (χ2v) is 6.20. The number of hydrogen-bond donors (Lipinski definition) is 2. The van der Waals surface area contributed by atoms with E-state index in [0.29, 0.717) is 29.4 Å². The topological polar surface area (TPSA) is 83.7 Å². The summed E-state index contributed by atoms with van der Waals surface area (Å²) in [7, 11) is 3.13. The number of ether oxygens (including phenoxy) is 2. The van der Waals surface area contributed by atoms with Crippen molar-refractivity contribution in [3.63, 3.8) is 0 Å². The Balaban J connectivity index is 1.73. The van der Waals surface area contributed by atoms with E-state index < -0.39 is 0 Å². The molecule has 146 valence electrons. The summed E-state index contributed by atoms with van der Waals surface area (Å²) in [5, 5.41) is 3.69. The number of aromatic nitrogens is 1. The maximum Gasteiger partial charge on any atom is 0.270 e. The van der Waals surface area contributed by atoms with Gasteiger partial charge < -0.3 is 24.7 Å². The maximum absolute atomic E-state index is 12.9. The molecular weight excluding hydrogens is 358 g/mol. The summed E-state index contributed by atoms with van der Waals surface area (Å²) in [6.45, 7) is 2.17. The summed E-state index contributed by atoms with van der Waals surface area (Å²) in [6.07, 6.45) is 0. The standard InChI is InChI=1S/C21H23N3O4/c1-4-24(13-20(25)23-16-7-5-6-8-19(16)28-3)21(26)18-11-14-9-10-15(27-2)12-17(14)22-18/h5-12,22H,4,13H2,1-3H3,(H,23,25). The van der Waals surface area contributed by atoms with Crippen molar-refractivity contribution in [2.45, 2.75) is 6.92 Å². The van der Waals surface area contributed by atoms with Crippen LogP contribution in [-0.4, -0.2) is 49.0 Å². The van der Waals surface area contributed by atoms with Crippen LogP contribution < -0.4 is 14.8 Å². The van der Waals surface area contributed by atoms with Gasteiger partial charge >= 0.3 is 0 Å².